The molecule has 0 amide bonds. The minimum Gasteiger partial charge on any atom is -0.265 e. The molecule has 0 aromatic carbocycles. The summed E-state index contributed by atoms with van der Waals surface area (Å²) < 4.78 is 3.94. The van der Waals surface area contributed by atoms with Crippen LogP contribution in [0.1, 0.15) is 42.3 Å². The molecule has 1 aliphatic rings. The van der Waals surface area contributed by atoms with Gasteiger partial charge in [0.15, 0.2) is 0 Å². The molecule has 6 nitrogen and oxygen atoms in total. The van der Waals surface area contributed by atoms with Gasteiger partial charge in [0, 0.05) is 24.9 Å². The number of imidazole rings is 1. The third kappa shape index (κ3) is 2.41. The van der Waals surface area contributed by atoms with Crippen molar-refractivity contribution >= 4 is 5.52 Å². The highest BCUT2D eigenvalue weighted by Crippen LogP contribution is 2.54. The Morgan fingerprint density at radius 1 is 1.08 bits per heavy atom. The van der Waals surface area contributed by atoms with Gasteiger partial charge in [0.2, 0.25) is 0 Å². The molecule has 5 rings (SSSR count). The van der Waals surface area contributed by atoms with E-state index >= 15 is 0 Å². The van der Waals surface area contributed by atoms with Gasteiger partial charge in [-0.1, -0.05) is 0 Å². The van der Waals surface area contributed by atoms with Crippen molar-refractivity contribution in [1.82, 2.24) is 29.4 Å². The van der Waals surface area contributed by atoms with Crippen LogP contribution < -0.4 is 0 Å². The molecule has 0 saturated heterocycles. The van der Waals surface area contributed by atoms with Gasteiger partial charge in [0.05, 0.1) is 23.1 Å². The lowest BCUT2D eigenvalue weighted by Crippen LogP contribution is -2.03. The van der Waals surface area contributed by atoms with Gasteiger partial charge in [-0.15, -0.1) is 0 Å². The van der Waals surface area contributed by atoms with Crippen LogP contribution in [0.25, 0.3) is 16.9 Å². The molecule has 2 unspecified atom stereocenters. The van der Waals surface area contributed by atoms with Gasteiger partial charge in [-0.05, 0) is 62.1 Å². The summed E-state index contributed by atoms with van der Waals surface area (Å²) in [5.41, 5.74) is 5.52. The fourth-order valence-corrected chi connectivity index (χ4v) is 3.71. The molecule has 4 aromatic rings. The van der Waals surface area contributed by atoms with Crippen LogP contribution in [0.4, 0.5) is 0 Å². The summed E-state index contributed by atoms with van der Waals surface area (Å²) >= 11 is 0. The average molecular weight is 344 g/mol. The number of pyridine rings is 1. The summed E-state index contributed by atoms with van der Waals surface area (Å²) in [4.78, 5) is 8.45. The van der Waals surface area contributed by atoms with Crippen LogP contribution in [0.15, 0.2) is 48.9 Å². The summed E-state index contributed by atoms with van der Waals surface area (Å²) in [5.74, 6) is 1.93. The molecule has 6 heteroatoms. The molecular weight excluding hydrogens is 324 g/mol. The molecule has 4 heterocycles. The van der Waals surface area contributed by atoms with E-state index in [1.807, 2.05) is 30.0 Å². The molecule has 4 aromatic heterocycles. The topological polar surface area (TPSA) is 60.9 Å². The maximum Gasteiger partial charge on any atom is 0.127 e. The maximum absolute atomic E-state index is 4.87. The molecule has 1 aliphatic carbocycles. The summed E-state index contributed by atoms with van der Waals surface area (Å²) in [6.07, 6.45) is 6.73. The van der Waals surface area contributed by atoms with E-state index in [2.05, 4.69) is 51.9 Å². The summed E-state index contributed by atoms with van der Waals surface area (Å²) in [5, 5.41) is 9.64. The van der Waals surface area contributed by atoms with E-state index in [1.54, 1.807) is 0 Å². The van der Waals surface area contributed by atoms with Crippen LogP contribution in [-0.2, 0) is 6.54 Å². The van der Waals surface area contributed by atoms with Crippen molar-refractivity contribution in [2.75, 3.05) is 0 Å². The molecule has 0 spiro atoms. The van der Waals surface area contributed by atoms with E-state index in [4.69, 9.17) is 10.2 Å². The highest BCUT2D eigenvalue weighted by molar-refractivity contribution is 5.59. The standard InChI is InChI=1S/C20H20N6/c1-3-25-20(18-5-4-15-12-22-13(2)26(15)24-18)11-19(23-25)17-10-16(17)14-6-8-21-9-7-14/h4-9,11-12,16-17H,3,10H2,1-2H3. The second-order valence-electron chi connectivity index (χ2n) is 6.86. The lowest BCUT2D eigenvalue weighted by molar-refractivity contribution is 0.650. The van der Waals surface area contributed by atoms with Crippen molar-refractivity contribution < 1.29 is 0 Å². The van der Waals surface area contributed by atoms with Gasteiger partial charge in [-0.2, -0.15) is 10.2 Å². The third-order valence-corrected chi connectivity index (χ3v) is 5.22. The molecule has 26 heavy (non-hydrogen) atoms. The van der Waals surface area contributed by atoms with Crippen molar-refractivity contribution in [3.8, 4) is 11.4 Å². The van der Waals surface area contributed by atoms with Gasteiger partial charge < -0.3 is 0 Å². The highest BCUT2D eigenvalue weighted by Gasteiger charge is 2.41. The molecule has 0 radical (unpaired) electrons. The van der Waals surface area contributed by atoms with E-state index in [0.717, 1.165) is 41.4 Å². The van der Waals surface area contributed by atoms with Gasteiger partial charge in [0.25, 0.3) is 0 Å². The number of fused-ring (bicyclic) bond motifs is 1. The average Bonchev–Trinajstić information content (AvgIpc) is 3.24. The monoisotopic (exact) mass is 344 g/mol. The van der Waals surface area contributed by atoms with E-state index in [9.17, 15) is 0 Å². The molecule has 1 saturated carbocycles. The Hall–Kier alpha value is -3.02. The first-order valence-corrected chi connectivity index (χ1v) is 9.04. The van der Waals surface area contributed by atoms with E-state index in [0.29, 0.717) is 11.8 Å². The Morgan fingerprint density at radius 2 is 1.92 bits per heavy atom. The van der Waals surface area contributed by atoms with Crippen LogP contribution in [0.2, 0.25) is 0 Å². The largest absolute Gasteiger partial charge is 0.265 e. The van der Waals surface area contributed by atoms with Crippen molar-refractivity contribution in [2.45, 2.75) is 38.6 Å². The predicted molar refractivity (Wildman–Crippen MR) is 99.0 cm³/mol. The van der Waals surface area contributed by atoms with Gasteiger partial charge >= 0.3 is 0 Å². The number of aromatic nitrogens is 6. The molecule has 2 atom stereocenters. The van der Waals surface area contributed by atoms with Gasteiger partial charge in [0.1, 0.15) is 11.5 Å². The fourth-order valence-electron chi connectivity index (χ4n) is 3.71. The first-order valence-electron chi connectivity index (χ1n) is 9.04. The van der Waals surface area contributed by atoms with Crippen LogP contribution >= 0.6 is 0 Å². The third-order valence-electron chi connectivity index (χ3n) is 5.22. The quantitative estimate of drug-likeness (QED) is 0.568. The Morgan fingerprint density at radius 3 is 2.73 bits per heavy atom. The molecule has 0 aliphatic heterocycles. The summed E-state index contributed by atoms with van der Waals surface area (Å²) in [6, 6.07) is 10.5. The number of hydrogen-bond donors (Lipinski definition) is 0. The van der Waals surface area contributed by atoms with Gasteiger partial charge in [-0.3, -0.25) is 9.67 Å². The normalized spacial score (nSPS) is 19.2. The van der Waals surface area contributed by atoms with Crippen LogP contribution in [-0.4, -0.2) is 29.4 Å². The molecule has 1 fully saturated rings. The first-order chi connectivity index (χ1) is 12.7. The van der Waals surface area contributed by atoms with E-state index in [1.165, 1.54) is 5.56 Å². The van der Waals surface area contributed by atoms with E-state index < -0.39 is 0 Å². The van der Waals surface area contributed by atoms with Crippen LogP contribution in [0.5, 0.6) is 0 Å². The number of hydrogen-bond acceptors (Lipinski definition) is 4. The highest BCUT2D eigenvalue weighted by atomic mass is 15.3. The smallest absolute Gasteiger partial charge is 0.127 e. The number of aryl methyl sites for hydroxylation is 2. The van der Waals surface area contributed by atoms with Crippen molar-refractivity contribution in [3.05, 3.63) is 66.0 Å². The molecular formula is C20H20N6. The number of nitrogens with zero attached hydrogens (tertiary/aromatic N) is 6. The van der Waals surface area contributed by atoms with Crippen molar-refractivity contribution in [2.24, 2.45) is 0 Å². The zero-order valence-corrected chi connectivity index (χ0v) is 14.9. The van der Waals surface area contributed by atoms with Crippen molar-refractivity contribution in [1.29, 1.82) is 0 Å². The minimum absolute atomic E-state index is 0.489. The maximum atomic E-state index is 4.87. The lowest BCUT2D eigenvalue weighted by atomic mass is 10.1. The second kappa shape index (κ2) is 5.76. The zero-order valence-electron chi connectivity index (χ0n) is 14.9. The Kier molecular flexibility index (Phi) is 3.38. The summed E-state index contributed by atoms with van der Waals surface area (Å²) in [6.45, 7) is 4.91. The van der Waals surface area contributed by atoms with E-state index in [-0.39, 0.29) is 0 Å². The lowest BCUT2D eigenvalue weighted by Gasteiger charge is -2.04. The first kappa shape index (κ1) is 15.3. The second-order valence-corrected chi connectivity index (χ2v) is 6.86. The fraction of sp³-hybridized carbons (Fsp3) is 0.300. The Balaban J connectivity index is 1.51. The Bertz CT molecular complexity index is 1080. The van der Waals surface area contributed by atoms with Gasteiger partial charge in [-0.25, -0.2) is 9.50 Å². The SMILES string of the molecule is CCn1nc(C2CC2c2ccncc2)cc1-c1ccc2cnc(C)n2n1. The number of rotatable bonds is 4. The zero-order chi connectivity index (χ0) is 17.7. The molecule has 130 valence electrons. The summed E-state index contributed by atoms with van der Waals surface area (Å²) in [7, 11) is 0. The molecule has 0 N–H and O–H groups in total. The van der Waals surface area contributed by atoms with Crippen LogP contribution in [0, 0.1) is 6.92 Å². The van der Waals surface area contributed by atoms with Crippen molar-refractivity contribution in [3.63, 3.8) is 0 Å². The molecule has 0 bridgehead atoms. The predicted octanol–water partition coefficient (Wildman–Crippen LogP) is 3.59. The minimum atomic E-state index is 0.489. The Labute approximate surface area is 151 Å². The van der Waals surface area contributed by atoms with Crippen LogP contribution in [0.3, 0.4) is 0 Å².